The predicted octanol–water partition coefficient (Wildman–Crippen LogP) is 1.67. The molecular formula is C14H14O5. The fourth-order valence-corrected chi connectivity index (χ4v) is 1.67. The lowest BCUT2D eigenvalue weighted by Crippen LogP contribution is -2.15. The molecule has 1 aromatic rings. The van der Waals surface area contributed by atoms with Crippen LogP contribution in [0.1, 0.15) is 18.9 Å². The van der Waals surface area contributed by atoms with Crippen LogP contribution in [0.15, 0.2) is 41.5 Å². The van der Waals surface area contributed by atoms with Crippen molar-refractivity contribution in [1.82, 2.24) is 0 Å². The number of carboxylic acid groups (broad SMARTS) is 2. The molecule has 0 aliphatic carbocycles. The lowest BCUT2D eigenvalue weighted by molar-refractivity contribution is -0.136. The second-order valence-electron chi connectivity index (χ2n) is 4.11. The highest BCUT2D eigenvalue weighted by Gasteiger charge is 2.21. The van der Waals surface area contributed by atoms with Crippen LogP contribution < -0.4 is 0 Å². The third kappa shape index (κ3) is 4.39. The molecule has 5 heteroatoms. The minimum Gasteiger partial charge on any atom is -0.478 e. The summed E-state index contributed by atoms with van der Waals surface area (Å²) in [5.41, 5.74) is 0.0694. The van der Waals surface area contributed by atoms with Gasteiger partial charge >= 0.3 is 11.9 Å². The van der Waals surface area contributed by atoms with Gasteiger partial charge in [0.1, 0.15) is 5.78 Å². The zero-order chi connectivity index (χ0) is 14.4. The summed E-state index contributed by atoms with van der Waals surface area (Å²) in [5, 5.41) is 18.2. The Balaban J connectivity index is 3.19. The summed E-state index contributed by atoms with van der Waals surface area (Å²) in [5.74, 6) is -3.07. The quantitative estimate of drug-likeness (QED) is 0.761. The van der Waals surface area contributed by atoms with Gasteiger partial charge in [-0.25, -0.2) is 9.59 Å². The average Bonchev–Trinajstić information content (AvgIpc) is 2.34. The van der Waals surface area contributed by atoms with E-state index < -0.39 is 11.9 Å². The van der Waals surface area contributed by atoms with Gasteiger partial charge in [-0.3, -0.25) is 4.79 Å². The van der Waals surface area contributed by atoms with Crippen molar-refractivity contribution >= 4 is 17.7 Å². The molecule has 0 atom stereocenters. The van der Waals surface area contributed by atoms with Crippen LogP contribution >= 0.6 is 0 Å². The molecule has 0 fully saturated rings. The second kappa shape index (κ2) is 6.49. The Kier molecular flexibility index (Phi) is 5.00. The van der Waals surface area contributed by atoms with Crippen molar-refractivity contribution in [1.29, 1.82) is 0 Å². The maximum absolute atomic E-state index is 11.2. The first-order valence-corrected chi connectivity index (χ1v) is 5.63. The molecule has 0 saturated heterocycles. The van der Waals surface area contributed by atoms with E-state index in [1.54, 1.807) is 30.3 Å². The number of rotatable bonds is 6. The predicted molar refractivity (Wildman–Crippen MR) is 67.7 cm³/mol. The third-order valence-electron chi connectivity index (χ3n) is 2.53. The van der Waals surface area contributed by atoms with E-state index in [2.05, 4.69) is 0 Å². The molecule has 0 aliphatic heterocycles. The number of benzene rings is 1. The van der Waals surface area contributed by atoms with Crippen molar-refractivity contribution in [3.8, 4) is 0 Å². The van der Waals surface area contributed by atoms with Gasteiger partial charge in [0.05, 0.1) is 11.1 Å². The summed E-state index contributed by atoms with van der Waals surface area (Å²) >= 11 is 0. The van der Waals surface area contributed by atoms with E-state index in [0.29, 0.717) is 5.56 Å². The van der Waals surface area contributed by atoms with Crippen LogP contribution in [0.3, 0.4) is 0 Å². The van der Waals surface area contributed by atoms with E-state index >= 15 is 0 Å². The number of hydrogen-bond donors (Lipinski definition) is 2. The van der Waals surface area contributed by atoms with Gasteiger partial charge in [0, 0.05) is 12.8 Å². The first-order valence-electron chi connectivity index (χ1n) is 5.63. The smallest absolute Gasteiger partial charge is 0.332 e. The number of carboxylic acids is 2. The maximum atomic E-state index is 11.2. The number of carbonyl (C=O) groups is 3. The summed E-state index contributed by atoms with van der Waals surface area (Å²) in [7, 11) is 0. The Morgan fingerprint density at radius 1 is 0.947 bits per heavy atom. The molecule has 1 rings (SSSR count). The molecule has 2 N–H and O–H groups in total. The fraction of sp³-hybridized carbons (Fsp3) is 0.214. The Labute approximate surface area is 110 Å². The van der Waals surface area contributed by atoms with Crippen LogP contribution in [0.4, 0.5) is 0 Å². The molecule has 0 heterocycles. The van der Waals surface area contributed by atoms with Crippen molar-refractivity contribution < 1.29 is 24.6 Å². The van der Waals surface area contributed by atoms with Gasteiger partial charge in [0.25, 0.3) is 0 Å². The first-order chi connectivity index (χ1) is 8.91. The SMILES string of the molecule is CC(=O)C/C(C(=O)O)=C(/Cc1ccccc1)C(=O)O. The largest absolute Gasteiger partial charge is 0.478 e. The van der Waals surface area contributed by atoms with Crippen molar-refractivity contribution in [3.63, 3.8) is 0 Å². The van der Waals surface area contributed by atoms with E-state index in [0.717, 1.165) is 0 Å². The van der Waals surface area contributed by atoms with Gasteiger partial charge in [-0.15, -0.1) is 0 Å². The molecule has 100 valence electrons. The van der Waals surface area contributed by atoms with Crippen LogP contribution in [0.5, 0.6) is 0 Å². The van der Waals surface area contributed by atoms with E-state index in [1.807, 2.05) is 0 Å². The summed E-state index contributed by atoms with van der Waals surface area (Å²) in [4.78, 5) is 33.3. The number of ketones is 1. The van der Waals surface area contributed by atoms with Crippen LogP contribution in [0, 0.1) is 0 Å². The van der Waals surface area contributed by atoms with Gasteiger partial charge < -0.3 is 10.2 Å². The molecule has 0 bridgehead atoms. The van der Waals surface area contributed by atoms with Crippen LogP contribution in [-0.4, -0.2) is 27.9 Å². The summed E-state index contributed by atoms with van der Waals surface area (Å²) < 4.78 is 0. The Hall–Kier alpha value is -2.43. The van der Waals surface area contributed by atoms with Gasteiger partial charge in [0.15, 0.2) is 0 Å². The number of aliphatic carboxylic acids is 2. The third-order valence-corrected chi connectivity index (χ3v) is 2.53. The Morgan fingerprint density at radius 3 is 1.89 bits per heavy atom. The maximum Gasteiger partial charge on any atom is 0.332 e. The summed E-state index contributed by atoms with van der Waals surface area (Å²) in [6.07, 6.45) is -0.408. The van der Waals surface area contributed by atoms with Gasteiger partial charge in [-0.1, -0.05) is 30.3 Å². The van der Waals surface area contributed by atoms with Crippen molar-refractivity contribution in [2.45, 2.75) is 19.8 Å². The van der Waals surface area contributed by atoms with Crippen LogP contribution in [-0.2, 0) is 20.8 Å². The molecule has 1 aromatic carbocycles. The van der Waals surface area contributed by atoms with E-state index in [-0.39, 0.29) is 29.8 Å². The topological polar surface area (TPSA) is 91.7 Å². The zero-order valence-electron chi connectivity index (χ0n) is 10.4. The molecule has 0 saturated carbocycles. The van der Waals surface area contributed by atoms with Gasteiger partial charge in [0.2, 0.25) is 0 Å². The normalized spacial score (nSPS) is 11.6. The van der Waals surface area contributed by atoms with Gasteiger partial charge in [-0.2, -0.15) is 0 Å². The molecule has 19 heavy (non-hydrogen) atoms. The van der Waals surface area contributed by atoms with Crippen LogP contribution in [0.2, 0.25) is 0 Å². The minimum absolute atomic E-state index is 0.0227. The second-order valence-corrected chi connectivity index (χ2v) is 4.11. The van der Waals surface area contributed by atoms with E-state index in [9.17, 15) is 14.4 Å². The number of carbonyl (C=O) groups excluding carboxylic acids is 1. The fourth-order valence-electron chi connectivity index (χ4n) is 1.67. The lowest BCUT2D eigenvalue weighted by atomic mass is 9.97. The van der Waals surface area contributed by atoms with E-state index in [4.69, 9.17) is 10.2 Å². The van der Waals surface area contributed by atoms with Crippen molar-refractivity contribution in [2.24, 2.45) is 0 Å². The number of Topliss-reactive ketones (excluding diaryl/α,β-unsaturated/α-hetero) is 1. The highest BCUT2D eigenvalue weighted by atomic mass is 16.4. The average molecular weight is 262 g/mol. The molecule has 0 amide bonds. The molecule has 0 spiro atoms. The Morgan fingerprint density at radius 2 is 1.47 bits per heavy atom. The van der Waals surface area contributed by atoms with Crippen molar-refractivity contribution in [3.05, 3.63) is 47.0 Å². The molecule has 5 nitrogen and oxygen atoms in total. The molecule has 0 aliphatic rings. The first kappa shape index (κ1) is 14.6. The highest BCUT2D eigenvalue weighted by molar-refractivity contribution is 6.02. The minimum atomic E-state index is -1.37. The monoisotopic (exact) mass is 262 g/mol. The standard InChI is InChI=1S/C14H14O5/c1-9(15)7-11(13(16)17)12(14(18)19)8-10-5-3-2-4-6-10/h2-6H,7-8H2,1H3,(H,16,17)(H,18,19)/b12-11+. The highest BCUT2D eigenvalue weighted by Crippen LogP contribution is 2.16. The van der Waals surface area contributed by atoms with Crippen molar-refractivity contribution in [2.75, 3.05) is 0 Å². The Bertz CT molecular complexity index is 528. The lowest BCUT2D eigenvalue weighted by Gasteiger charge is -2.08. The molecule has 0 unspecified atom stereocenters. The van der Waals surface area contributed by atoms with E-state index in [1.165, 1.54) is 6.92 Å². The summed E-state index contributed by atoms with van der Waals surface area (Å²) in [6.45, 7) is 1.23. The zero-order valence-corrected chi connectivity index (χ0v) is 10.4. The number of hydrogen-bond acceptors (Lipinski definition) is 3. The molecule has 0 radical (unpaired) electrons. The summed E-state index contributed by atoms with van der Waals surface area (Å²) in [6, 6.07) is 8.66. The molecular weight excluding hydrogens is 248 g/mol. The molecule has 0 aromatic heterocycles. The van der Waals surface area contributed by atoms with Crippen LogP contribution in [0.25, 0.3) is 0 Å². The van der Waals surface area contributed by atoms with Gasteiger partial charge in [-0.05, 0) is 12.5 Å².